The van der Waals surface area contributed by atoms with E-state index in [1.807, 2.05) is 47.7 Å². The average Bonchev–Trinajstić information content (AvgIpc) is 3.06. The van der Waals surface area contributed by atoms with E-state index in [0.717, 1.165) is 42.6 Å². The van der Waals surface area contributed by atoms with Crippen LogP contribution in [0.1, 0.15) is 29.0 Å². The van der Waals surface area contributed by atoms with Crippen LogP contribution in [0.15, 0.2) is 47.8 Å². The SMILES string of the molecule is CCN1CCc2sccc2C(Oc2ccc(C#N)c3ccccc23)C1.Cl. The van der Waals surface area contributed by atoms with Crippen molar-refractivity contribution in [2.75, 3.05) is 19.6 Å². The first kappa shape index (κ1) is 18.7. The predicted molar refractivity (Wildman–Crippen MR) is 109 cm³/mol. The number of hydrogen-bond donors (Lipinski definition) is 0. The molecular formula is C21H21ClN2OS. The molecule has 1 atom stereocenters. The molecule has 134 valence electrons. The van der Waals surface area contributed by atoms with Crippen LogP contribution in [0.25, 0.3) is 10.8 Å². The Hall–Kier alpha value is -2.06. The molecule has 3 aromatic rings. The van der Waals surface area contributed by atoms with Crippen LogP contribution in [-0.2, 0) is 6.42 Å². The summed E-state index contributed by atoms with van der Waals surface area (Å²) in [6.45, 7) is 5.21. The first-order valence-corrected chi connectivity index (χ1v) is 9.55. The van der Waals surface area contributed by atoms with E-state index in [0.29, 0.717) is 5.56 Å². The summed E-state index contributed by atoms with van der Waals surface area (Å²) in [5.74, 6) is 0.856. The number of nitriles is 1. The van der Waals surface area contributed by atoms with Gasteiger partial charge in [0.1, 0.15) is 11.9 Å². The topological polar surface area (TPSA) is 36.3 Å². The number of thiophene rings is 1. The smallest absolute Gasteiger partial charge is 0.137 e. The van der Waals surface area contributed by atoms with Gasteiger partial charge < -0.3 is 4.74 Å². The molecule has 0 fully saturated rings. The Bertz CT molecular complexity index is 947. The summed E-state index contributed by atoms with van der Waals surface area (Å²) in [5.41, 5.74) is 2.00. The van der Waals surface area contributed by atoms with Crippen molar-refractivity contribution in [1.29, 1.82) is 5.26 Å². The number of nitrogens with zero attached hydrogens (tertiary/aromatic N) is 2. The van der Waals surface area contributed by atoms with Gasteiger partial charge in [0.05, 0.1) is 11.6 Å². The molecule has 0 saturated heterocycles. The second-order valence-corrected chi connectivity index (χ2v) is 7.32. The van der Waals surface area contributed by atoms with E-state index in [2.05, 4.69) is 29.3 Å². The second-order valence-electron chi connectivity index (χ2n) is 6.32. The lowest BCUT2D eigenvalue weighted by atomic mass is 10.0. The summed E-state index contributed by atoms with van der Waals surface area (Å²) < 4.78 is 6.52. The van der Waals surface area contributed by atoms with Gasteiger partial charge >= 0.3 is 0 Å². The largest absolute Gasteiger partial charge is 0.484 e. The van der Waals surface area contributed by atoms with E-state index >= 15 is 0 Å². The van der Waals surface area contributed by atoms with Gasteiger partial charge in [0.2, 0.25) is 0 Å². The van der Waals surface area contributed by atoms with Gasteiger partial charge in [-0.2, -0.15) is 5.26 Å². The van der Waals surface area contributed by atoms with Gasteiger partial charge in [-0.1, -0.05) is 31.2 Å². The fourth-order valence-electron chi connectivity index (χ4n) is 3.54. The van der Waals surface area contributed by atoms with E-state index in [-0.39, 0.29) is 18.5 Å². The number of likely N-dealkylation sites (N-methyl/N-ethyl adjacent to an activating group) is 1. The molecule has 5 heteroatoms. The fraction of sp³-hybridized carbons (Fsp3) is 0.286. The van der Waals surface area contributed by atoms with Gasteiger partial charge in [-0.3, -0.25) is 4.90 Å². The lowest BCUT2D eigenvalue weighted by molar-refractivity contribution is 0.146. The molecule has 0 aliphatic carbocycles. The molecule has 0 spiro atoms. The lowest BCUT2D eigenvalue weighted by Crippen LogP contribution is -2.30. The van der Waals surface area contributed by atoms with E-state index in [1.54, 1.807) is 0 Å². The van der Waals surface area contributed by atoms with Crippen molar-refractivity contribution in [2.24, 2.45) is 0 Å². The molecule has 1 aliphatic rings. The minimum absolute atomic E-state index is 0. The molecule has 4 rings (SSSR count). The molecule has 3 nitrogen and oxygen atoms in total. The fourth-order valence-corrected chi connectivity index (χ4v) is 4.46. The molecule has 0 radical (unpaired) electrons. The Kier molecular flexibility index (Phi) is 5.83. The molecule has 1 aromatic heterocycles. The van der Waals surface area contributed by atoms with Crippen LogP contribution < -0.4 is 4.74 Å². The first-order chi connectivity index (χ1) is 12.3. The highest BCUT2D eigenvalue weighted by molar-refractivity contribution is 7.10. The quantitative estimate of drug-likeness (QED) is 0.623. The maximum atomic E-state index is 9.36. The van der Waals surface area contributed by atoms with E-state index in [4.69, 9.17) is 4.74 Å². The van der Waals surface area contributed by atoms with E-state index in [1.165, 1.54) is 10.4 Å². The molecule has 0 saturated carbocycles. The number of fused-ring (bicyclic) bond motifs is 2. The van der Waals surface area contributed by atoms with Crippen LogP contribution in [0.4, 0.5) is 0 Å². The minimum Gasteiger partial charge on any atom is -0.484 e. The monoisotopic (exact) mass is 384 g/mol. The zero-order valence-electron chi connectivity index (χ0n) is 14.6. The third kappa shape index (κ3) is 3.43. The molecule has 2 aromatic carbocycles. The summed E-state index contributed by atoms with van der Waals surface area (Å²) in [4.78, 5) is 3.88. The molecule has 0 bridgehead atoms. The van der Waals surface area contributed by atoms with Crippen molar-refractivity contribution in [3.8, 4) is 11.8 Å². The first-order valence-electron chi connectivity index (χ1n) is 8.67. The van der Waals surface area contributed by atoms with Crippen LogP contribution in [0, 0.1) is 11.3 Å². The van der Waals surface area contributed by atoms with Gasteiger partial charge in [-0.25, -0.2) is 0 Å². The third-order valence-electron chi connectivity index (χ3n) is 4.93. The maximum Gasteiger partial charge on any atom is 0.137 e. The Morgan fingerprint density at radius 3 is 2.77 bits per heavy atom. The third-order valence-corrected chi connectivity index (χ3v) is 5.92. The summed E-state index contributed by atoms with van der Waals surface area (Å²) >= 11 is 1.83. The Balaban J connectivity index is 0.00000196. The molecule has 26 heavy (non-hydrogen) atoms. The zero-order chi connectivity index (χ0) is 17.2. The molecule has 1 unspecified atom stereocenters. The highest BCUT2D eigenvalue weighted by Gasteiger charge is 2.25. The number of ether oxygens (including phenoxy) is 1. The van der Waals surface area contributed by atoms with Crippen LogP contribution >= 0.6 is 23.7 Å². The van der Waals surface area contributed by atoms with Crippen molar-refractivity contribution >= 4 is 34.5 Å². The number of halogens is 1. The van der Waals surface area contributed by atoms with Gasteiger partial charge in [-0.15, -0.1) is 23.7 Å². The summed E-state index contributed by atoms with van der Waals surface area (Å²) in [7, 11) is 0. The second kappa shape index (κ2) is 8.09. The molecule has 1 aliphatic heterocycles. The Morgan fingerprint density at radius 2 is 2.00 bits per heavy atom. The standard InChI is InChI=1S/C21H20N2OS.ClH/c1-2-23-11-9-21-18(10-12-25-21)20(14-23)24-19-8-7-15(13-22)16-5-3-4-6-17(16)19;/h3-8,10,12,20H,2,9,11,14H2,1H3;1H. The van der Waals surface area contributed by atoms with Crippen molar-refractivity contribution in [3.63, 3.8) is 0 Å². The molecule has 0 N–H and O–H groups in total. The number of hydrogen-bond acceptors (Lipinski definition) is 4. The highest BCUT2D eigenvalue weighted by Crippen LogP contribution is 2.35. The lowest BCUT2D eigenvalue weighted by Gasteiger charge is -2.24. The molecule has 2 heterocycles. The van der Waals surface area contributed by atoms with Crippen molar-refractivity contribution < 1.29 is 4.74 Å². The minimum atomic E-state index is 0. The predicted octanol–water partition coefficient (Wildman–Crippen LogP) is 5.19. The number of rotatable bonds is 3. The Labute approximate surface area is 164 Å². The average molecular weight is 385 g/mol. The van der Waals surface area contributed by atoms with Gasteiger partial charge in [-0.05, 0) is 36.5 Å². The van der Waals surface area contributed by atoms with E-state index < -0.39 is 0 Å². The van der Waals surface area contributed by atoms with Crippen LogP contribution in [0.5, 0.6) is 5.75 Å². The van der Waals surface area contributed by atoms with Crippen LogP contribution in [0.3, 0.4) is 0 Å². The molecular weight excluding hydrogens is 364 g/mol. The van der Waals surface area contributed by atoms with Gasteiger partial charge in [0, 0.05) is 34.3 Å². The van der Waals surface area contributed by atoms with Crippen molar-refractivity contribution in [3.05, 3.63) is 63.8 Å². The normalized spacial score (nSPS) is 17.0. The summed E-state index contributed by atoms with van der Waals surface area (Å²) in [6, 6.07) is 16.3. The summed E-state index contributed by atoms with van der Waals surface area (Å²) in [5, 5.41) is 13.5. The van der Waals surface area contributed by atoms with Crippen molar-refractivity contribution in [1.82, 2.24) is 4.90 Å². The number of benzene rings is 2. The van der Waals surface area contributed by atoms with Crippen LogP contribution in [-0.4, -0.2) is 24.5 Å². The molecule has 0 amide bonds. The Morgan fingerprint density at radius 1 is 1.19 bits per heavy atom. The van der Waals surface area contributed by atoms with Crippen molar-refractivity contribution in [2.45, 2.75) is 19.4 Å². The van der Waals surface area contributed by atoms with Gasteiger partial charge in [0.15, 0.2) is 0 Å². The highest BCUT2D eigenvalue weighted by atomic mass is 35.5. The van der Waals surface area contributed by atoms with Gasteiger partial charge in [0.25, 0.3) is 0 Å². The zero-order valence-corrected chi connectivity index (χ0v) is 16.3. The van der Waals surface area contributed by atoms with E-state index in [9.17, 15) is 5.26 Å². The van der Waals surface area contributed by atoms with Crippen LogP contribution in [0.2, 0.25) is 0 Å². The maximum absolute atomic E-state index is 9.36. The summed E-state index contributed by atoms with van der Waals surface area (Å²) in [6.07, 6.45) is 1.12.